The van der Waals surface area contributed by atoms with Gasteiger partial charge in [0, 0.05) is 16.6 Å². The van der Waals surface area contributed by atoms with Crippen molar-refractivity contribution in [1.29, 1.82) is 0 Å². The fourth-order valence-corrected chi connectivity index (χ4v) is 2.90. The molecule has 1 atom stereocenters. The fourth-order valence-electron chi connectivity index (χ4n) is 1.97. The predicted molar refractivity (Wildman–Crippen MR) is 68.3 cm³/mol. The summed E-state index contributed by atoms with van der Waals surface area (Å²) in [5, 5.41) is 16.6. The minimum Gasteiger partial charge on any atom is -0.383 e. The molecule has 0 fully saturated rings. The van der Waals surface area contributed by atoms with Gasteiger partial charge in [-0.3, -0.25) is 0 Å². The standard InChI is InChI=1S/C13H12N2OS/c1-9-5-7-17-13(9)12(16)10-8-14-15-6-3-2-4-11(10)15/h2-8,12,16H,1H3. The molecule has 1 N–H and O–H groups in total. The molecule has 17 heavy (non-hydrogen) atoms. The van der Waals surface area contributed by atoms with Crippen LogP contribution in [0.1, 0.15) is 22.1 Å². The number of hydrogen-bond acceptors (Lipinski definition) is 3. The Hall–Kier alpha value is -1.65. The quantitative estimate of drug-likeness (QED) is 0.752. The second-order valence-electron chi connectivity index (χ2n) is 4.00. The Morgan fingerprint density at radius 2 is 2.24 bits per heavy atom. The largest absolute Gasteiger partial charge is 0.383 e. The molecular formula is C13H12N2OS. The number of thiophene rings is 1. The minimum atomic E-state index is -0.588. The van der Waals surface area contributed by atoms with E-state index in [0.29, 0.717) is 0 Å². The van der Waals surface area contributed by atoms with E-state index in [1.165, 1.54) is 0 Å². The molecule has 0 saturated carbocycles. The first-order chi connectivity index (χ1) is 8.27. The number of aromatic nitrogens is 2. The van der Waals surface area contributed by atoms with Crippen LogP contribution in [0.4, 0.5) is 0 Å². The van der Waals surface area contributed by atoms with Gasteiger partial charge in [0.15, 0.2) is 0 Å². The van der Waals surface area contributed by atoms with Crippen molar-refractivity contribution in [3.8, 4) is 0 Å². The van der Waals surface area contributed by atoms with Crippen LogP contribution in [0, 0.1) is 6.92 Å². The summed E-state index contributed by atoms with van der Waals surface area (Å²) in [6.45, 7) is 2.01. The van der Waals surface area contributed by atoms with Gasteiger partial charge >= 0.3 is 0 Å². The van der Waals surface area contributed by atoms with Crippen LogP contribution in [0.3, 0.4) is 0 Å². The van der Waals surface area contributed by atoms with E-state index in [4.69, 9.17) is 0 Å². The molecule has 0 bridgehead atoms. The van der Waals surface area contributed by atoms with Crippen LogP contribution in [0.5, 0.6) is 0 Å². The van der Waals surface area contributed by atoms with E-state index in [0.717, 1.165) is 21.5 Å². The Morgan fingerprint density at radius 3 is 3.00 bits per heavy atom. The van der Waals surface area contributed by atoms with Crippen molar-refractivity contribution < 1.29 is 5.11 Å². The molecule has 4 heteroatoms. The first-order valence-electron chi connectivity index (χ1n) is 5.41. The molecule has 86 valence electrons. The molecule has 0 aliphatic rings. The SMILES string of the molecule is Cc1ccsc1C(O)c1cnn2ccccc12. The summed E-state index contributed by atoms with van der Waals surface area (Å²) in [6.07, 6.45) is 3.03. The molecule has 3 nitrogen and oxygen atoms in total. The van der Waals surface area contributed by atoms with Crippen molar-refractivity contribution in [1.82, 2.24) is 9.61 Å². The number of aryl methyl sites for hydroxylation is 1. The lowest BCUT2D eigenvalue weighted by Crippen LogP contribution is -1.98. The van der Waals surface area contributed by atoms with E-state index < -0.39 is 6.10 Å². The van der Waals surface area contributed by atoms with Crippen molar-refractivity contribution in [3.05, 3.63) is 58.0 Å². The molecule has 1 unspecified atom stereocenters. The zero-order valence-corrected chi connectivity index (χ0v) is 10.2. The zero-order chi connectivity index (χ0) is 11.8. The lowest BCUT2D eigenvalue weighted by Gasteiger charge is -2.08. The van der Waals surface area contributed by atoms with Crippen molar-refractivity contribution in [2.75, 3.05) is 0 Å². The highest BCUT2D eigenvalue weighted by molar-refractivity contribution is 7.10. The highest BCUT2D eigenvalue weighted by Gasteiger charge is 2.18. The van der Waals surface area contributed by atoms with Crippen LogP contribution < -0.4 is 0 Å². The number of nitrogens with zero attached hydrogens (tertiary/aromatic N) is 2. The lowest BCUT2D eigenvalue weighted by molar-refractivity contribution is 0.225. The van der Waals surface area contributed by atoms with Crippen LogP contribution in [0.2, 0.25) is 0 Å². The van der Waals surface area contributed by atoms with Crippen LogP contribution in [0.15, 0.2) is 42.0 Å². The Balaban J connectivity index is 2.13. The van der Waals surface area contributed by atoms with Gasteiger partial charge in [-0.2, -0.15) is 5.10 Å². The molecular weight excluding hydrogens is 232 g/mol. The van der Waals surface area contributed by atoms with Crippen LogP contribution in [0.25, 0.3) is 5.52 Å². The molecule has 0 spiro atoms. The van der Waals surface area contributed by atoms with E-state index in [1.807, 2.05) is 42.8 Å². The van der Waals surface area contributed by atoms with Gasteiger partial charge in [0.1, 0.15) is 6.10 Å². The van der Waals surface area contributed by atoms with Crippen LogP contribution in [-0.4, -0.2) is 14.7 Å². The predicted octanol–water partition coefficient (Wildman–Crippen LogP) is 2.79. The summed E-state index contributed by atoms with van der Waals surface area (Å²) in [7, 11) is 0. The summed E-state index contributed by atoms with van der Waals surface area (Å²) in [4.78, 5) is 0.990. The van der Waals surface area contributed by atoms with Crippen molar-refractivity contribution in [2.24, 2.45) is 0 Å². The van der Waals surface area contributed by atoms with Gasteiger partial charge < -0.3 is 5.11 Å². The second kappa shape index (κ2) is 3.98. The average molecular weight is 244 g/mol. The third-order valence-electron chi connectivity index (χ3n) is 2.90. The summed E-state index contributed by atoms with van der Waals surface area (Å²) < 4.78 is 1.78. The van der Waals surface area contributed by atoms with Gasteiger partial charge in [0.2, 0.25) is 0 Å². The minimum absolute atomic E-state index is 0.588. The van der Waals surface area contributed by atoms with Crippen molar-refractivity contribution >= 4 is 16.9 Å². The van der Waals surface area contributed by atoms with Gasteiger partial charge in [-0.25, -0.2) is 4.52 Å². The summed E-state index contributed by atoms with van der Waals surface area (Å²) in [5.74, 6) is 0. The van der Waals surface area contributed by atoms with Crippen LogP contribution in [-0.2, 0) is 0 Å². The number of aliphatic hydroxyl groups excluding tert-OH is 1. The number of hydrogen-bond donors (Lipinski definition) is 1. The summed E-state index contributed by atoms with van der Waals surface area (Å²) in [6, 6.07) is 7.87. The maximum Gasteiger partial charge on any atom is 0.117 e. The third kappa shape index (κ3) is 1.66. The molecule has 3 aromatic rings. The highest BCUT2D eigenvalue weighted by atomic mass is 32.1. The number of fused-ring (bicyclic) bond motifs is 1. The molecule has 3 heterocycles. The third-order valence-corrected chi connectivity index (χ3v) is 3.97. The molecule has 0 radical (unpaired) electrons. The number of aliphatic hydroxyl groups is 1. The smallest absolute Gasteiger partial charge is 0.117 e. The van der Waals surface area contributed by atoms with Gasteiger partial charge in [-0.05, 0) is 36.1 Å². The Kier molecular flexibility index (Phi) is 2.46. The van der Waals surface area contributed by atoms with Gasteiger partial charge in [0.05, 0.1) is 11.7 Å². The Morgan fingerprint density at radius 1 is 1.35 bits per heavy atom. The lowest BCUT2D eigenvalue weighted by atomic mass is 10.1. The highest BCUT2D eigenvalue weighted by Crippen LogP contribution is 2.31. The molecule has 0 aromatic carbocycles. The maximum absolute atomic E-state index is 10.4. The summed E-state index contributed by atoms with van der Waals surface area (Å²) in [5.41, 5.74) is 2.93. The fraction of sp³-hybridized carbons (Fsp3) is 0.154. The normalized spacial score (nSPS) is 13.1. The van der Waals surface area contributed by atoms with Gasteiger partial charge in [-0.15, -0.1) is 11.3 Å². The molecule has 3 rings (SSSR count). The van der Waals surface area contributed by atoms with E-state index in [2.05, 4.69) is 5.10 Å². The Labute approximate surface area is 103 Å². The van der Waals surface area contributed by atoms with Crippen molar-refractivity contribution in [3.63, 3.8) is 0 Å². The molecule has 0 saturated heterocycles. The van der Waals surface area contributed by atoms with Crippen LogP contribution >= 0.6 is 11.3 Å². The van der Waals surface area contributed by atoms with E-state index in [1.54, 1.807) is 22.0 Å². The van der Waals surface area contributed by atoms with Crippen molar-refractivity contribution in [2.45, 2.75) is 13.0 Å². The number of pyridine rings is 1. The van der Waals surface area contributed by atoms with Gasteiger partial charge in [0.25, 0.3) is 0 Å². The maximum atomic E-state index is 10.4. The second-order valence-corrected chi connectivity index (χ2v) is 4.95. The van der Waals surface area contributed by atoms with E-state index in [-0.39, 0.29) is 0 Å². The monoisotopic (exact) mass is 244 g/mol. The Bertz CT molecular complexity index is 656. The molecule has 0 aliphatic heterocycles. The molecule has 3 aromatic heterocycles. The summed E-state index contributed by atoms with van der Waals surface area (Å²) >= 11 is 1.58. The molecule has 0 amide bonds. The average Bonchev–Trinajstić information content (AvgIpc) is 2.94. The first-order valence-corrected chi connectivity index (χ1v) is 6.29. The van der Waals surface area contributed by atoms with Gasteiger partial charge in [-0.1, -0.05) is 6.07 Å². The van der Waals surface area contributed by atoms with E-state index in [9.17, 15) is 5.11 Å². The number of rotatable bonds is 2. The molecule has 0 aliphatic carbocycles. The first kappa shape index (κ1) is 10.5. The van der Waals surface area contributed by atoms with E-state index >= 15 is 0 Å². The topological polar surface area (TPSA) is 37.5 Å². The zero-order valence-electron chi connectivity index (χ0n) is 9.37.